The van der Waals surface area contributed by atoms with Crippen molar-refractivity contribution >= 4 is 21.8 Å². The number of rotatable bonds is 4. The zero-order valence-electron chi connectivity index (χ0n) is 16.8. The highest BCUT2D eigenvalue weighted by molar-refractivity contribution is 9.10. The van der Waals surface area contributed by atoms with Gasteiger partial charge in [0, 0.05) is 41.9 Å². The van der Waals surface area contributed by atoms with Crippen LogP contribution < -0.4 is 4.74 Å². The molecular weight excluding hydrogens is 446 g/mol. The first-order valence-corrected chi connectivity index (χ1v) is 10.7. The van der Waals surface area contributed by atoms with E-state index >= 15 is 0 Å². The van der Waals surface area contributed by atoms with Gasteiger partial charge in [-0.05, 0) is 66.4 Å². The molecule has 3 aromatic rings. The fraction of sp³-hybridized carbons (Fsp3) is 0.318. The van der Waals surface area contributed by atoms with Gasteiger partial charge in [0.2, 0.25) is 5.88 Å². The highest BCUT2D eigenvalue weighted by atomic mass is 79.9. The fourth-order valence-corrected chi connectivity index (χ4v) is 3.86. The lowest BCUT2D eigenvalue weighted by Crippen LogP contribution is -2.51. The molecule has 0 bridgehead atoms. The number of aromatic nitrogens is 4. The number of hydrogen-bond acceptors (Lipinski definition) is 6. The van der Waals surface area contributed by atoms with Gasteiger partial charge in [0.05, 0.1) is 11.6 Å². The van der Waals surface area contributed by atoms with Crippen LogP contribution in [0.15, 0.2) is 53.5 Å². The van der Waals surface area contributed by atoms with E-state index in [4.69, 9.17) is 4.74 Å². The predicted octanol–water partition coefficient (Wildman–Crippen LogP) is 4.08. The van der Waals surface area contributed by atoms with Gasteiger partial charge in [-0.2, -0.15) is 0 Å². The summed E-state index contributed by atoms with van der Waals surface area (Å²) in [5.41, 5.74) is 1.92. The molecule has 1 aliphatic heterocycles. The lowest BCUT2D eigenvalue weighted by atomic mass is 9.98. The molecule has 0 N–H and O–H groups in total. The second-order valence-corrected chi connectivity index (χ2v) is 8.25. The van der Waals surface area contributed by atoms with Crippen LogP contribution in [0.25, 0.3) is 11.5 Å². The van der Waals surface area contributed by atoms with Gasteiger partial charge in [-0.1, -0.05) is 0 Å². The van der Waals surface area contributed by atoms with Gasteiger partial charge in [-0.25, -0.2) is 15.0 Å². The van der Waals surface area contributed by atoms with E-state index in [0.717, 1.165) is 22.9 Å². The maximum absolute atomic E-state index is 13.6. The number of nitrogens with zero attached hydrogens (tertiary/aromatic N) is 5. The summed E-state index contributed by atoms with van der Waals surface area (Å²) in [5.74, 6) is 0.913. The van der Waals surface area contributed by atoms with Gasteiger partial charge < -0.3 is 9.64 Å². The highest BCUT2D eigenvalue weighted by Gasteiger charge is 2.34. The Morgan fingerprint density at radius 3 is 2.70 bits per heavy atom. The summed E-state index contributed by atoms with van der Waals surface area (Å²) in [6, 6.07) is 7.20. The van der Waals surface area contributed by atoms with Crippen molar-refractivity contribution in [2.75, 3.05) is 6.54 Å². The average molecular weight is 468 g/mol. The Bertz CT molecular complexity index is 1030. The monoisotopic (exact) mass is 467 g/mol. The molecule has 4 rings (SSSR count). The number of halogens is 1. The SMILES string of the molecule is Cc1cnc(-c2ncccn2)c(C(=O)N2CCCC(Oc3ccc(Br)cn3)C2C)c1. The van der Waals surface area contributed by atoms with Gasteiger partial charge in [-0.3, -0.25) is 9.78 Å². The number of carbonyl (C=O) groups excluding carboxylic acids is 1. The van der Waals surface area contributed by atoms with Crippen molar-refractivity contribution in [3.05, 3.63) is 64.7 Å². The smallest absolute Gasteiger partial charge is 0.256 e. The standard InChI is InChI=1S/C22H22BrN5O2/c1-14-11-17(20(27-12-14)21-24-8-4-9-25-21)22(29)28-10-3-5-18(15(28)2)30-19-7-6-16(23)13-26-19/h4,6-9,11-13,15,18H,3,5,10H2,1-2H3. The topological polar surface area (TPSA) is 81.1 Å². The number of aryl methyl sites for hydroxylation is 1. The minimum Gasteiger partial charge on any atom is -0.472 e. The molecule has 0 aromatic carbocycles. The number of carbonyl (C=O) groups is 1. The molecule has 0 spiro atoms. The second kappa shape index (κ2) is 8.87. The van der Waals surface area contributed by atoms with Crippen LogP contribution in [0, 0.1) is 6.92 Å². The van der Waals surface area contributed by atoms with E-state index in [1.807, 2.05) is 36.9 Å². The minimum absolute atomic E-state index is 0.0850. The molecule has 8 heteroatoms. The Balaban J connectivity index is 1.60. The Kier molecular flexibility index (Phi) is 6.03. The zero-order valence-corrected chi connectivity index (χ0v) is 18.4. The molecular formula is C22H22BrN5O2. The third kappa shape index (κ3) is 4.33. The Hall–Kier alpha value is -2.87. The summed E-state index contributed by atoms with van der Waals surface area (Å²) in [6.07, 6.45) is 8.32. The number of hydrogen-bond donors (Lipinski definition) is 0. The zero-order chi connectivity index (χ0) is 21.1. The van der Waals surface area contributed by atoms with Gasteiger partial charge in [-0.15, -0.1) is 0 Å². The first-order valence-electron chi connectivity index (χ1n) is 9.86. The van der Waals surface area contributed by atoms with Crippen molar-refractivity contribution in [1.82, 2.24) is 24.8 Å². The summed E-state index contributed by atoms with van der Waals surface area (Å²) in [4.78, 5) is 32.7. The number of likely N-dealkylation sites (tertiary alicyclic amines) is 1. The summed E-state index contributed by atoms with van der Waals surface area (Å²) in [5, 5.41) is 0. The van der Waals surface area contributed by atoms with Crippen LogP contribution in [-0.2, 0) is 0 Å². The molecule has 154 valence electrons. The molecule has 1 saturated heterocycles. The van der Waals surface area contributed by atoms with E-state index in [1.54, 1.807) is 30.9 Å². The van der Waals surface area contributed by atoms with E-state index in [1.165, 1.54) is 0 Å². The molecule has 7 nitrogen and oxygen atoms in total. The maximum atomic E-state index is 13.6. The first-order chi connectivity index (χ1) is 14.5. The van der Waals surface area contributed by atoms with Crippen LogP contribution in [-0.4, -0.2) is 49.4 Å². The normalized spacial score (nSPS) is 18.8. The third-order valence-electron chi connectivity index (χ3n) is 5.18. The van der Waals surface area contributed by atoms with Crippen LogP contribution in [0.2, 0.25) is 0 Å². The van der Waals surface area contributed by atoms with Gasteiger partial charge in [0.25, 0.3) is 5.91 Å². The van der Waals surface area contributed by atoms with Gasteiger partial charge >= 0.3 is 0 Å². The lowest BCUT2D eigenvalue weighted by molar-refractivity contribution is 0.0266. The summed E-state index contributed by atoms with van der Waals surface area (Å²) in [7, 11) is 0. The summed E-state index contributed by atoms with van der Waals surface area (Å²) in [6.45, 7) is 4.60. The van der Waals surface area contributed by atoms with E-state index in [0.29, 0.717) is 29.5 Å². The molecule has 0 saturated carbocycles. The molecule has 1 aliphatic rings. The van der Waals surface area contributed by atoms with Crippen molar-refractivity contribution in [2.45, 2.75) is 38.8 Å². The number of pyridine rings is 2. The van der Waals surface area contributed by atoms with Crippen molar-refractivity contribution < 1.29 is 9.53 Å². The Morgan fingerprint density at radius 1 is 1.17 bits per heavy atom. The van der Waals surface area contributed by atoms with Crippen molar-refractivity contribution in [2.24, 2.45) is 0 Å². The van der Waals surface area contributed by atoms with Gasteiger partial charge in [0.1, 0.15) is 11.8 Å². The van der Waals surface area contributed by atoms with Crippen LogP contribution in [0.4, 0.5) is 0 Å². The van der Waals surface area contributed by atoms with Crippen LogP contribution >= 0.6 is 15.9 Å². The fourth-order valence-electron chi connectivity index (χ4n) is 3.63. The molecule has 1 fully saturated rings. The minimum atomic E-state index is -0.134. The molecule has 30 heavy (non-hydrogen) atoms. The molecule has 1 amide bonds. The highest BCUT2D eigenvalue weighted by Crippen LogP contribution is 2.27. The average Bonchev–Trinajstić information content (AvgIpc) is 2.77. The van der Waals surface area contributed by atoms with Crippen LogP contribution in [0.1, 0.15) is 35.7 Å². The van der Waals surface area contributed by atoms with Crippen LogP contribution in [0.5, 0.6) is 5.88 Å². The van der Waals surface area contributed by atoms with Gasteiger partial charge in [0.15, 0.2) is 5.82 Å². The first kappa shape index (κ1) is 20.4. The second-order valence-electron chi connectivity index (χ2n) is 7.33. The maximum Gasteiger partial charge on any atom is 0.256 e. The van der Waals surface area contributed by atoms with E-state index < -0.39 is 0 Å². The number of amides is 1. The molecule has 4 heterocycles. The molecule has 0 aliphatic carbocycles. The van der Waals surface area contributed by atoms with Crippen molar-refractivity contribution in [3.63, 3.8) is 0 Å². The molecule has 2 unspecified atom stereocenters. The van der Waals surface area contributed by atoms with E-state index in [2.05, 4.69) is 35.9 Å². The predicted molar refractivity (Wildman–Crippen MR) is 116 cm³/mol. The molecule has 2 atom stereocenters. The Morgan fingerprint density at radius 2 is 1.97 bits per heavy atom. The molecule has 3 aromatic heterocycles. The summed E-state index contributed by atoms with van der Waals surface area (Å²) < 4.78 is 7.01. The quantitative estimate of drug-likeness (QED) is 0.574. The lowest BCUT2D eigenvalue weighted by Gasteiger charge is -2.39. The van der Waals surface area contributed by atoms with Crippen LogP contribution in [0.3, 0.4) is 0 Å². The summed E-state index contributed by atoms with van der Waals surface area (Å²) >= 11 is 3.38. The Labute approximate surface area is 183 Å². The van der Waals surface area contributed by atoms with E-state index in [-0.39, 0.29) is 18.1 Å². The van der Waals surface area contributed by atoms with Crippen molar-refractivity contribution in [3.8, 4) is 17.4 Å². The van der Waals surface area contributed by atoms with E-state index in [9.17, 15) is 4.79 Å². The number of ether oxygens (including phenoxy) is 1. The largest absolute Gasteiger partial charge is 0.472 e. The van der Waals surface area contributed by atoms with Crippen molar-refractivity contribution in [1.29, 1.82) is 0 Å². The third-order valence-corrected chi connectivity index (χ3v) is 5.65. The number of piperidine rings is 1. The molecule has 0 radical (unpaired) electrons.